The maximum absolute atomic E-state index is 12.0. The van der Waals surface area contributed by atoms with Gasteiger partial charge < -0.3 is 5.32 Å². The van der Waals surface area contributed by atoms with Crippen molar-refractivity contribution in [1.82, 2.24) is 4.98 Å². The number of amides is 1. The number of Topliss-reactive ketones (excluding diaryl/α,β-unsaturated/α-hetero) is 1. The summed E-state index contributed by atoms with van der Waals surface area (Å²) >= 11 is 0. The maximum atomic E-state index is 12.0. The van der Waals surface area contributed by atoms with Crippen LogP contribution in [0.25, 0.3) is 0 Å². The molecule has 0 saturated heterocycles. The summed E-state index contributed by atoms with van der Waals surface area (Å²) in [4.78, 5) is 27.1. The lowest BCUT2D eigenvalue weighted by atomic mass is 10.1. The third kappa shape index (κ3) is 3.04. The summed E-state index contributed by atoms with van der Waals surface area (Å²) < 4.78 is 0. The Morgan fingerprint density at radius 2 is 1.79 bits per heavy atom. The molecular formula is C15H14N2O2. The summed E-state index contributed by atoms with van der Waals surface area (Å²) in [6.45, 7) is 3.36. The number of nitrogens with zero attached hydrogens (tertiary/aromatic N) is 1. The Hall–Kier alpha value is -2.49. The maximum Gasteiger partial charge on any atom is 0.257 e. The molecule has 2 aromatic rings. The molecule has 4 nitrogen and oxygen atoms in total. The molecule has 4 heteroatoms. The molecule has 0 unspecified atom stereocenters. The molecule has 0 aliphatic carbocycles. The average molecular weight is 254 g/mol. The van der Waals surface area contributed by atoms with E-state index in [-0.39, 0.29) is 11.7 Å². The molecule has 0 spiro atoms. The summed E-state index contributed by atoms with van der Waals surface area (Å²) in [6, 6.07) is 8.58. The largest absolute Gasteiger partial charge is 0.322 e. The second kappa shape index (κ2) is 5.44. The van der Waals surface area contributed by atoms with Gasteiger partial charge in [-0.15, -0.1) is 0 Å². The van der Waals surface area contributed by atoms with Crippen LogP contribution in [0.3, 0.4) is 0 Å². The second-order valence-electron chi connectivity index (χ2n) is 4.28. The van der Waals surface area contributed by atoms with E-state index >= 15 is 0 Å². The van der Waals surface area contributed by atoms with Gasteiger partial charge in [-0.05, 0) is 49.7 Å². The minimum Gasteiger partial charge on any atom is -0.322 e. The average Bonchev–Trinajstić information content (AvgIpc) is 2.39. The number of benzene rings is 1. The third-order valence-corrected chi connectivity index (χ3v) is 2.83. The molecule has 1 amide bonds. The minimum atomic E-state index is -0.207. The zero-order valence-corrected chi connectivity index (χ0v) is 10.8. The van der Waals surface area contributed by atoms with Crippen LogP contribution in [0, 0.1) is 6.92 Å². The highest BCUT2D eigenvalue weighted by Crippen LogP contribution is 2.13. The topological polar surface area (TPSA) is 59.1 Å². The van der Waals surface area contributed by atoms with Crippen molar-refractivity contribution in [1.29, 1.82) is 0 Å². The van der Waals surface area contributed by atoms with Crippen LogP contribution in [0.2, 0.25) is 0 Å². The first-order valence-electron chi connectivity index (χ1n) is 5.91. The van der Waals surface area contributed by atoms with Gasteiger partial charge in [-0.3, -0.25) is 14.6 Å². The fourth-order valence-electron chi connectivity index (χ4n) is 1.69. The Labute approximate surface area is 111 Å². The predicted molar refractivity (Wildman–Crippen MR) is 73.4 cm³/mol. The lowest BCUT2D eigenvalue weighted by molar-refractivity contribution is 0.101. The number of carbonyl (C=O) groups is 2. The van der Waals surface area contributed by atoms with Crippen LogP contribution in [0.5, 0.6) is 0 Å². The Balaban J connectivity index is 2.15. The van der Waals surface area contributed by atoms with Crippen LogP contribution in [-0.4, -0.2) is 16.7 Å². The van der Waals surface area contributed by atoms with E-state index in [9.17, 15) is 9.59 Å². The number of pyridine rings is 1. The van der Waals surface area contributed by atoms with E-state index in [1.165, 1.54) is 13.1 Å². The van der Waals surface area contributed by atoms with E-state index in [2.05, 4.69) is 10.3 Å². The van der Waals surface area contributed by atoms with E-state index in [1.807, 2.05) is 6.92 Å². The highest BCUT2D eigenvalue weighted by atomic mass is 16.1. The molecule has 1 N–H and O–H groups in total. The molecule has 19 heavy (non-hydrogen) atoms. The van der Waals surface area contributed by atoms with Crippen LogP contribution in [0.15, 0.2) is 42.7 Å². The van der Waals surface area contributed by atoms with Gasteiger partial charge in [0.05, 0.1) is 5.56 Å². The number of anilines is 1. The number of aryl methyl sites for hydroxylation is 1. The van der Waals surface area contributed by atoms with Crippen molar-refractivity contribution in [2.24, 2.45) is 0 Å². The van der Waals surface area contributed by atoms with Crippen molar-refractivity contribution in [3.05, 3.63) is 59.4 Å². The van der Waals surface area contributed by atoms with Gasteiger partial charge in [0.1, 0.15) is 0 Å². The molecule has 1 aromatic heterocycles. The number of aromatic nitrogens is 1. The smallest absolute Gasteiger partial charge is 0.257 e. The van der Waals surface area contributed by atoms with Gasteiger partial charge in [0.15, 0.2) is 5.78 Å². The third-order valence-electron chi connectivity index (χ3n) is 2.83. The van der Waals surface area contributed by atoms with Crippen molar-refractivity contribution in [2.75, 3.05) is 5.32 Å². The van der Waals surface area contributed by atoms with Gasteiger partial charge in [0, 0.05) is 23.6 Å². The van der Waals surface area contributed by atoms with Gasteiger partial charge in [0.25, 0.3) is 5.91 Å². The fourth-order valence-corrected chi connectivity index (χ4v) is 1.69. The number of carbonyl (C=O) groups excluding carboxylic acids is 2. The van der Waals surface area contributed by atoms with Gasteiger partial charge in [-0.25, -0.2) is 0 Å². The van der Waals surface area contributed by atoms with Crippen LogP contribution >= 0.6 is 0 Å². The monoisotopic (exact) mass is 254 g/mol. The van der Waals surface area contributed by atoms with Crippen molar-refractivity contribution in [3.63, 3.8) is 0 Å². The number of rotatable bonds is 3. The molecule has 2 rings (SSSR count). The lowest BCUT2D eigenvalue weighted by Gasteiger charge is -2.07. The summed E-state index contributed by atoms with van der Waals surface area (Å²) in [6.07, 6.45) is 3.18. The predicted octanol–water partition coefficient (Wildman–Crippen LogP) is 2.84. The highest BCUT2D eigenvalue weighted by molar-refractivity contribution is 6.05. The first-order chi connectivity index (χ1) is 9.08. The standard InChI is InChI=1S/C15H14N2O2/c1-10-7-8-16-9-14(10)15(19)17-13-5-3-12(4-6-13)11(2)18/h3-9H,1-2H3,(H,17,19). The lowest BCUT2D eigenvalue weighted by Crippen LogP contribution is -2.13. The molecule has 0 aliphatic rings. The van der Waals surface area contributed by atoms with E-state index in [4.69, 9.17) is 0 Å². The molecule has 0 atom stereocenters. The SMILES string of the molecule is CC(=O)c1ccc(NC(=O)c2cnccc2C)cc1. The summed E-state index contributed by atoms with van der Waals surface area (Å²) in [7, 11) is 0. The van der Waals surface area contributed by atoms with E-state index in [1.54, 1.807) is 36.5 Å². The Morgan fingerprint density at radius 3 is 2.37 bits per heavy atom. The zero-order chi connectivity index (χ0) is 13.8. The van der Waals surface area contributed by atoms with E-state index in [0.29, 0.717) is 16.8 Å². The Kier molecular flexibility index (Phi) is 3.71. The number of ketones is 1. The van der Waals surface area contributed by atoms with Gasteiger partial charge >= 0.3 is 0 Å². The molecule has 0 saturated carbocycles. The highest BCUT2D eigenvalue weighted by Gasteiger charge is 2.09. The van der Waals surface area contributed by atoms with Crippen LogP contribution in [0.1, 0.15) is 33.2 Å². The van der Waals surface area contributed by atoms with Crippen molar-refractivity contribution < 1.29 is 9.59 Å². The van der Waals surface area contributed by atoms with Crippen LogP contribution in [-0.2, 0) is 0 Å². The van der Waals surface area contributed by atoms with Crippen molar-refractivity contribution in [2.45, 2.75) is 13.8 Å². The molecular weight excluding hydrogens is 240 g/mol. The summed E-state index contributed by atoms with van der Waals surface area (Å²) in [5.74, 6) is -0.206. The quantitative estimate of drug-likeness (QED) is 0.857. The first kappa shape index (κ1) is 13.0. The van der Waals surface area contributed by atoms with Crippen molar-refractivity contribution in [3.8, 4) is 0 Å². The second-order valence-corrected chi connectivity index (χ2v) is 4.28. The molecule has 0 aliphatic heterocycles. The van der Waals surface area contributed by atoms with Crippen LogP contribution < -0.4 is 5.32 Å². The zero-order valence-electron chi connectivity index (χ0n) is 10.8. The number of hydrogen-bond donors (Lipinski definition) is 1. The molecule has 0 radical (unpaired) electrons. The normalized spacial score (nSPS) is 10.0. The molecule has 0 bridgehead atoms. The Bertz CT molecular complexity index is 618. The summed E-state index contributed by atoms with van der Waals surface area (Å²) in [5.41, 5.74) is 2.68. The fraction of sp³-hybridized carbons (Fsp3) is 0.133. The molecule has 1 aromatic carbocycles. The minimum absolute atomic E-state index is 0.000908. The molecule has 0 fully saturated rings. The van der Waals surface area contributed by atoms with Crippen molar-refractivity contribution >= 4 is 17.4 Å². The molecule has 1 heterocycles. The first-order valence-corrected chi connectivity index (χ1v) is 5.91. The summed E-state index contributed by atoms with van der Waals surface area (Å²) in [5, 5.41) is 2.77. The Morgan fingerprint density at radius 1 is 1.11 bits per heavy atom. The van der Waals surface area contributed by atoms with Crippen LogP contribution in [0.4, 0.5) is 5.69 Å². The van der Waals surface area contributed by atoms with Gasteiger partial charge in [-0.1, -0.05) is 0 Å². The van der Waals surface area contributed by atoms with Gasteiger partial charge in [0.2, 0.25) is 0 Å². The van der Waals surface area contributed by atoms with E-state index in [0.717, 1.165) is 5.56 Å². The van der Waals surface area contributed by atoms with E-state index < -0.39 is 0 Å². The number of hydrogen-bond acceptors (Lipinski definition) is 3. The number of nitrogens with one attached hydrogen (secondary N) is 1. The van der Waals surface area contributed by atoms with Gasteiger partial charge in [-0.2, -0.15) is 0 Å². The molecule has 96 valence electrons.